The van der Waals surface area contributed by atoms with Crippen molar-refractivity contribution < 1.29 is 19.5 Å². The van der Waals surface area contributed by atoms with E-state index in [0.717, 1.165) is 19.3 Å². The Morgan fingerprint density at radius 1 is 1.12 bits per heavy atom. The Hall–Kier alpha value is -1.47. The number of hydrogen-bond donors (Lipinski definition) is 1. The van der Waals surface area contributed by atoms with Crippen molar-refractivity contribution in [3.8, 4) is 12.3 Å². The summed E-state index contributed by atoms with van der Waals surface area (Å²) in [4.78, 5) is 37.6. The van der Waals surface area contributed by atoms with Crippen LogP contribution in [0.5, 0.6) is 0 Å². The van der Waals surface area contributed by atoms with E-state index in [-0.39, 0.29) is 47.6 Å². The van der Waals surface area contributed by atoms with E-state index >= 15 is 0 Å². The van der Waals surface area contributed by atoms with Crippen molar-refractivity contribution in [2.45, 2.75) is 70.3 Å². The first-order valence-corrected chi connectivity index (χ1v) is 9.53. The van der Waals surface area contributed by atoms with E-state index in [2.05, 4.69) is 12.8 Å². The van der Waals surface area contributed by atoms with Crippen molar-refractivity contribution >= 4 is 17.3 Å². The third-order valence-corrected chi connectivity index (χ3v) is 8.28. The van der Waals surface area contributed by atoms with Crippen LogP contribution in [0, 0.1) is 40.9 Å². The Morgan fingerprint density at radius 2 is 1.88 bits per heavy atom. The smallest absolute Gasteiger partial charge is 0.165 e. The molecule has 0 unspecified atom stereocenters. The summed E-state index contributed by atoms with van der Waals surface area (Å²) in [5, 5.41) is 11.4. The first kappa shape index (κ1) is 17.0. The second-order valence-electron chi connectivity index (χ2n) is 9.03. The largest absolute Gasteiger partial charge is 0.381 e. The van der Waals surface area contributed by atoms with Crippen molar-refractivity contribution in [3.63, 3.8) is 0 Å². The standard InChI is InChI=1S/C21H26O4/c1-3-8-20-10-6-13(22)12-21(20,25)18(24)11-14-15-4-5-17(23)19(15,2)9-7-16(14)20/h1,14-16,25H,4-12H2,2H3/t14-,15-,16-,19-,20+,21-/m0/s1. The lowest BCUT2D eigenvalue weighted by molar-refractivity contribution is -0.205. The number of terminal acetylenes is 1. The average Bonchev–Trinajstić information content (AvgIpc) is 2.86. The average molecular weight is 342 g/mol. The van der Waals surface area contributed by atoms with E-state index in [1.807, 2.05) is 0 Å². The minimum absolute atomic E-state index is 0.0429. The highest BCUT2D eigenvalue weighted by Crippen LogP contribution is 2.66. The summed E-state index contributed by atoms with van der Waals surface area (Å²) in [7, 11) is 0. The molecule has 25 heavy (non-hydrogen) atoms. The minimum atomic E-state index is -1.60. The Kier molecular flexibility index (Phi) is 3.57. The fourth-order valence-electron chi connectivity index (χ4n) is 6.95. The Balaban J connectivity index is 1.80. The summed E-state index contributed by atoms with van der Waals surface area (Å²) in [5.74, 6) is 3.22. The van der Waals surface area contributed by atoms with E-state index in [4.69, 9.17) is 6.42 Å². The van der Waals surface area contributed by atoms with E-state index in [1.54, 1.807) is 0 Å². The Morgan fingerprint density at radius 3 is 2.60 bits per heavy atom. The van der Waals surface area contributed by atoms with E-state index in [0.29, 0.717) is 31.5 Å². The number of aliphatic hydroxyl groups is 1. The van der Waals surface area contributed by atoms with Gasteiger partial charge in [-0.25, -0.2) is 0 Å². The lowest BCUT2D eigenvalue weighted by Gasteiger charge is -2.62. The molecule has 0 radical (unpaired) electrons. The normalized spacial score (nSPS) is 49.2. The summed E-state index contributed by atoms with van der Waals surface area (Å²) in [6, 6.07) is 0. The molecule has 0 amide bonds. The zero-order valence-electron chi connectivity index (χ0n) is 14.8. The molecule has 6 atom stereocenters. The second-order valence-corrected chi connectivity index (χ2v) is 9.03. The molecule has 0 bridgehead atoms. The molecule has 0 aliphatic heterocycles. The van der Waals surface area contributed by atoms with Crippen LogP contribution in [0.3, 0.4) is 0 Å². The van der Waals surface area contributed by atoms with Gasteiger partial charge < -0.3 is 5.11 Å². The van der Waals surface area contributed by atoms with Gasteiger partial charge in [0, 0.05) is 42.9 Å². The lowest BCUT2D eigenvalue weighted by atomic mass is 9.42. The molecule has 4 saturated carbocycles. The minimum Gasteiger partial charge on any atom is -0.381 e. The van der Waals surface area contributed by atoms with Crippen LogP contribution in [0.1, 0.15) is 64.7 Å². The summed E-state index contributed by atoms with van der Waals surface area (Å²) in [6.07, 6.45) is 10.2. The van der Waals surface area contributed by atoms with Crippen LogP contribution < -0.4 is 0 Å². The molecular weight excluding hydrogens is 316 g/mol. The summed E-state index contributed by atoms with van der Waals surface area (Å²) in [5.41, 5.74) is -2.62. The van der Waals surface area contributed by atoms with Gasteiger partial charge in [0.2, 0.25) is 0 Å². The fraction of sp³-hybridized carbons (Fsp3) is 0.762. The van der Waals surface area contributed by atoms with Gasteiger partial charge in [-0.3, -0.25) is 14.4 Å². The highest BCUT2D eigenvalue weighted by Gasteiger charge is 2.69. The van der Waals surface area contributed by atoms with Crippen molar-refractivity contribution in [1.82, 2.24) is 0 Å². The molecule has 0 aromatic rings. The fourth-order valence-corrected chi connectivity index (χ4v) is 6.95. The van der Waals surface area contributed by atoms with Crippen LogP contribution in [0.2, 0.25) is 0 Å². The number of hydrogen-bond acceptors (Lipinski definition) is 4. The Labute approximate surface area is 148 Å². The molecule has 4 aliphatic carbocycles. The van der Waals surface area contributed by atoms with Crippen LogP contribution in [-0.2, 0) is 14.4 Å². The molecule has 0 saturated heterocycles. The number of rotatable bonds is 1. The molecule has 4 heteroatoms. The van der Waals surface area contributed by atoms with Gasteiger partial charge >= 0.3 is 0 Å². The molecule has 1 N–H and O–H groups in total. The van der Waals surface area contributed by atoms with Crippen molar-refractivity contribution in [2.24, 2.45) is 28.6 Å². The molecule has 4 rings (SSSR count). The zero-order chi connectivity index (χ0) is 18.0. The third kappa shape index (κ3) is 1.96. The molecule has 4 fully saturated rings. The predicted octanol–water partition coefficient (Wildman–Crippen LogP) is 2.46. The molecule has 0 heterocycles. The maximum absolute atomic E-state index is 13.0. The van der Waals surface area contributed by atoms with Gasteiger partial charge in [0.1, 0.15) is 17.2 Å². The van der Waals surface area contributed by atoms with E-state index < -0.39 is 11.0 Å². The first-order chi connectivity index (χ1) is 11.8. The van der Waals surface area contributed by atoms with Crippen LogP contribution in [-0.4, -0.2) is 28.1 Å². The zero-order valence-corrected chi connectivity index (χ0v) is 14.8. The summed E-state index contributed by atoms with van der Waals surface area (Å²) >= 11 is 0. The number of carbonyl (C=O) groups excluding carboxylic acids is 3. The van der Waals surface area contributed by atoms with Crippen LogP contribution in [0.15, 0.2) is 0 Å². The van der Waals surface area contributed by atoms with Gasteiger partial charge in [-0.15, -0.1) is 12.3 Å². The molecule has 0 aromatic carbocycles. The van der Waals surface area contributed by atoms with Crippen LogP contribution >= 0.6 is 0 Å². The quantitative estimate of drug-likeness (QED) is 0.743. The lowest BCUT2D eigenvalue weighted by Crippen LogP contribution is -2.67. The number of fused-ring (bicyclic) bond motifs is 5. The van der Waals surface area contributed by atoms with Gasteiger partial charge in [-0.05, 0) is 43.4 Å². The Bertz CT molecular complexity index is 703. The predicted molar refractivity (Wildman–Crippen MR) is 91.4 cm³/mol. The molecule has 4 aliphatic rings. The number of ketones is 3. The number of Topliss-reactive ketones (excluding diaryl/α,β-unsaturated/α-hetero) is 3. The summed E-state index contributed by atoms with van der Waals surface area (Å²) < 4.78 is 0. The molecular formula is C21H26O4. The second kappa shape index (κ2) is 5.27. The van der Waals surface area contributed by atoms with Crippen molar-refractivity contribution in [1.29, 1.82) is 0 Å². The first-order valence-electron chi connectivity index (χ1n) is 9.53. The van der Waals surface area contributed by atoms with Crippen molar-refractivity contribution in [2.75, 3.05) is 0 Å². The number of carbonyl (C=O) groups is 3. The van der Waals surface area contributed by atoms with Crippen molar-refractivity contribution in [3.05, 3.63) is 0 Å². The topological polar surface area (TPSA) is 71.4 Å². The maximum atomic E-state index is 13.0. The highest BCUT2D eigenvalue weighted by molar-refractivity contribution is 5.96. The van der Waals surface area contributed by atoms with Gasteiger partial charge in [0.25, 0.3) is 0 Å². The molecule has 0 aromatic heterocycles. The third-order valence-electron chi connectivity index (χ3n) is 8.28. The van der Waals surface area contributed by atoms with Gasteiger partial charge in [0.05, 0.1) is 0 Å². The maximum Gasteiger partial charge on any atom is 0.165 e. The van der Waals surface area contributed by atoms with Crippen LogP contribution in [0.4, 0.5) is 0 Å². The molecule has 0 spiro atoms. The SMILES string of the molecule is C#CC[C@]12CCC(=O)C[C@]1(O)C(=O)C[C@@H]1[C@@H]2CC[C@]2(C)C(=O)CC[C@@H]12. The van der Waals surface area contributed by atoms with Gasteiger partial charge in [0.15, 0.2) is 5.78 Å². The molecule has 134 valence electrons. The monoisotopic (exact) mass is 342 g/mol. The van der Waals surface area contributed by atoms with Crippen LogP contribution in [0.25, 0.3) is 0 Å². The van der Waals surface area contributed by atoms with E-state index in [9.17, 15) is 19.5 Å². The van der Waals surface area contributed by atoms with E-state index in [1.165, 1.54) is 0 Å². The summed E-state index contributed by atoms with van der Waals surface area (Å²) in [6.45, 7) is 2.06. The highest BCUT2D eigenvalue weighted by atomic mass is 16.3. The molecule has 4 nitrogen and oxygen atoms in total. The van der Waals surface area contributed by atoms with Gasteiger partial charge in [-0.1, -0.05) is 6.92 Å². The van der Waals surface area contributed by atoms with Gasteiger partial charge in [-0.2, -0.15) is 0 Å².